The Labute approximate surface area is 156 Å². The van der Waals surface area contributed by atoms with Gasteiger partial charge in [0, 0.05) is 37.8 Å². The Morgan fingerprint density at radius 2 is 1.69 bits per heavy atom. The Hall–Kier alpha value is -1.74. The summed E-state index contributed by atoms with van der Waals surface area (Å²) in [6.07, 6.45) is 0. The van der Waals surface area contributed by atoms with Crippen molar-refractivity contribution in [2.75, 3.05) is 27.2 Å². The quantitative estimate of drug-likeness (QED) is 0.678. The molecular weight excluding hydrogens is 386 g/mol. The van der Waals surface area contributed by atoms with E-state index >= 15 is 0 Å². The molecule has 0 aliphatic carbocycles. The van der Waals surface area contributed by atoms with Gasteiger partial charge in [0.1, 0.15) is 24.0 Å². The molecule has 2 rings (SSSR count). The summed E-state index contributed by atoms with van der Waals surface area (Å²) in [5, 5.41) is 0.161. The topological polar surface area (TPSA) is 49.9 Å². The van der Waals surface area contributed by atoms with Crippen molar-refractivity contribution in [2.24, 2.45) is 0 Å². The second-order valence-corrected chi connectivity index (χ2v) is 8.14. The van der Waals surface area contributed by atoms with Gasteiger partial charge in [-0.05, 0) is 36.4 Å². The van der Waals surface area contributed by atoms with E-state index in [2.05, 4.69) is 0 Å². The van der Waals surface area contributed by atoms with Crippen molar-refractivity contribution in [2.45, 2.75) is 6.54 Å². The molecule has 0 spiro atoms. The molecule has 0 bridgehead atoms. The Bertz CT molecular complexity index is 827. The third-order valence-electron chi connectivity index (χ3n) is 3.72. The van der Waals surface area contributed by atoms with Gasteiger partial charge in [0.2, 0.25) is 0 Å². The largest absolute Gasteiger partial charge is 0.492 e. The van der Waals surface area contributed by atoms with Crippen LogP contribution in [0, 0.1) is 11.6 Å². The minimum absolute atomic E-state index is 0.0645. The number of halogens is 3. The zero-order chi connectivity index (χ0) is 19.3. The standard InChI is InChI=1S/C17H19ClF2N2O3S/c1-21(10-11-25-14-8-6-13(19)7-9-14)26(23,24)22(2)12-15-16(18)4-3-5-17(15)20/h3-9H,10-12H2,1-2H3. The van der Waals surface area contributed by atoms with Gasteiger partial charge in [0.15, 0.2) is 0 Å². The molecule has 0 unspecified atom stereocenters. The monoisotopic (exact) mass is 404 g/mol. The molecule has 0 atom stereocenters. The van der Waals surface area contributed by atoms with E-state index in [0.717, 1.165) is 8.61 Å². The lowest BCUT2D eigenvalue weighted by molar-refractivity contribution is 0.278. The van der Waals surface area contributed by atoms with Crippen molar-refractivity contribution in [1.29, 1.82) is 0 Å². The van der Waals surface area contributed by atoms with Gasteiger partial charge in [-0.15, -0.1) is 0 Å². The summed E-state index contributed by atoms with van der Waals surface area (Å²) in [7, 11) is -1.10. The van der Waals surface area contributed by atoms with Crippen LogP contribution in [0.4, 0.5) is 8.78 Å². The van der Waals surface area contributed by atoms with Crippen LogP contribution in [-0.4, -0.2) is 44.3 Å². The average Bonchev–Trinajstić information content (AvgIpc) is 2.59. The van der Waals surface area contributed by atoms with E-state index in [1.165, 1.54) is 56.6 Å². The molecule has 0 aliphatic heterocycles. The van der Waals surface area contributed by atoms with Gasteiger partial charge in [-0.3, -0.25) is 0 Å². The van der Waals surface area contributed by atoms with E-state index in [1.54, 1.807) is 0 Å². The molecule has 2 aromatic rings. The van der Waals surface area contributed by atoms with E-state index in [-0.39, 0.29) is 36.1 Å². The molecule has 9 heteroatoms. The summed E-state index contributed by atoms with van der Waals surface area (Å²) in [5.41, 5.74) is 0.108. The maximum atomic E-state index is 13.9. The number of hydrogen-bond donors (Lipinski definition) is 0. The van der Waals surface area contributed by atoms with Crippen LogP contribution in [0.3, 0.4) is 0 Å². The summed E-state index contributed by atoms with van der Waals surface area (Å²) in [6, 6.07) is 9.59. The highest BCUT2D eigenvalue weighted by atomic mass is 35.5. The van der Waals surface area contributed by atoms with Crippen LogP contribution in [0.1, 0.15) is 5.56 Å². The van der Waals surface area contributed by atoms with Crippen LogP contribution in [0.15, 0.2) is 42.5 Å². The zero-order valence-corrected chi connectivity index (χ0v) is 15.9. The van der Waals surface area contributed by atoms with Crippen LogP contribution in [0.2, 0.25) is 5.02 Å². The Morgan fingerprint density at radius 1 is 1.04 bits per heavy atom. The highest BCUT2D eigenvalue weighted by Crippen LogP contribution is 2.22. The first-order chi connectivity index (χ1) is 12.2. The number of likely N-dealkylation sites (N-methyl/N-ethyl adjacent to an activating group) is 1. The Balaban J connectivity index is 1.95. The molecule has 26 heavy (non-hydrogen) atoms. The predicted octanol–water partition coefficient (Wildman–Crippen LogP) is 3.31. The molecule has 2 aromatic carbocycles. The molecule has 0 saturated carbocycles. The van der Waals surface area contributed by atoms with Crippen molar-refractivity contribution in [1.82, 2.24) is 8.61 Å². The normalized spacial score (nSPS) is 12.0. The predicted molar refractivity (Wildman–Crippen MR) is 96.3 cm³/mol. The van der Waals surface area contributed by atoms with Crippen LogP contribution in [-0.2, 0) is 16.8 Å². The van der Waals surface area contributed by atoms with Crippen molar-refractivity contribution < 1.29 is 21.9 Å². The van der Waals surface area contributed by atoms with Gasteiger partial charge in [0.25, 0.3) is 10.2 Å². The van der Waals surface area contributed by atoms with Gasteiger partial charge in [0.05, 0.1) is 0 Å². The van der Waals surface area contributed by atoms with E-state index in [9.17, 15) is 17.2 Å². The molecule has 5 nitrogen and oxygen atoms in total. The Kier molecular flexibility index (Phi) is 6.94. The van der Waals surface area contributed by atoms with Gasteiger partial charge < -0.3 is 4.74 Å². The van der Waals surface area contributed by atoms with Gasteiger partial charge >= 0.3 is 0 Å². The Morgan fingerprint density at radius 3 is 2.31 bits per heavy atom. The number of benzene rings is 2. The van der Waals surface area contributed by atoms with E-state index in [0.29, 0.717) is 5.75 Å². The average molecular weight is 405 g/mol. The summed E-state index contributed by atoms with van der Waals surface area (Å²) in [5.74, 6) is -0.518. The first-order valence-electron chi connectivity index (χ1n) is 7.70. The van der Waals surface area contributed by atoms with E-state index < -0.39 is 16.0 Å². The van der Waals surface area contributed by atoms with Crippen LogP contribution >= 0.6 is 11.6 Å². The lowest BCUT2D eigenvalue weighted by Crippen LogP contribution is -2.41. The first kappa shape index (κ1) is 20.6. The maximum absolute atomic E-state index is 13.9. The van der Waals surface area contributed by atoms with Crippen molar-refractivity contribution in [3.8, 4) is 5.75 Å². The lowest BCUT2D eigenvalue weighted by Gasteiger charge is -2.24. The molecule has 0 N–H and O–H groups in total. The molecule has 0 amide bonds. The van der Waals surface area contributed by atoms with Crippen LogP contribution in [0.5, 0.6) is 5.75 Å². The second-order valence-electron chi connectivity index (χ2n) is 5.59. The van der Waals surface area contributed by atoms with Gasteiger partial charge in [-0.25, -0.2) is 8.78 Å². The highest BCUT2D eigenvalue weighted by molar-refractivity contribution is 7.86. The number of rotatable bonds is 8. The van der Waals surface area contributed by atoms with E-state index in [1.807, 2.05) is 0 Å². The molecule has 0 saturated heterocycles. The molecule has 0 aromatic heterocycles. The molecule has 0 radical (unpaired) electrons. The lowest BCUT2D eigenvalue weighted by atomic mass is 10.2. The first-order valence-corrected chi connectivity index (χ1v) is 9.48. The SMILES string of the molecule is CN(CCOc1ccc(F)cc1)S(=O)(=O)N(C)Cc1c(F)cccc1Cl. The summed E-state index contributed by atoms with van der Waals surface area (Å²) in [6.45, 7) is -0.0539. The summed E-state index contributed by atoms with van der Waals surface area (Å²) >= 11 is 5.94. The number of ether oxygens (including phenoxy) is 1. The molecule has 142 valence electrons. The smallest absolute Gasteiger partial charge is 0.281 e. The van der Waals surface area contributed by atoms with Crippen molar-refractivity contribution in [3.05, 3.63) is 64.7 Å². The fourth-order valence-electron chi connectivity index (χ4n) is 2.16. The molecule has 0 heterocycles. The zero-order valence-electron chi connectivity index (χ0n) is 14.3. The third-order valence-corrected chi connectivity index (χ3v) is 5.96. The van der Waals surface area contributed by atoms with E-state index in [4.69, 9.17) is 16.3 Å². The minimum atomic E-state index is -3.83. The fraction of sp³-hybridized carbons (Fsp3) is 0.294. The maximum Gasteiger partial charge on any atom is 0.281 e. The summed E-state index contributed by atoms with van der Waals surface area (Å²) in [4.78, 5) is 0. The molecule has 0 aliphatic rings. The highest BCUT2D eigenvalue weighted by Gasteiger charge is 2.25. The van der Waals surface area contributed by atoms with Crippen molar-refractivity contribution >= 4 is 21.8 Å². The molecule has 0 fully saturated rings. The van der Waals surface area contributed by atoms with Crippen LogP contribution < -0.4 is 4.74 Å². The number of hydrogen-bond acceptors (Lipinski definition) is 3. The molecular formula is C17H19ClF2N2O3S. The summed E-state index contributed by atoms with van der Waals surface area (Å²) < 4.78 is 59.2. The van der Waals surface area contributed by atoms with Gasteiger partial charge in [-0.1, -0.05) is 17.7 Å². The van der Waals surface area contributed by atoms with Crippen molar-refractivity contribution in [3.63, 3.8) is 0 Å². The minimum Gasteiger partial charge on any atom is -0.492 e. The third kappa shape index (κ3) is 5.14. The number of nitrogens with zero attached hydrogens (tertiary/aromatic N) is 2. The van der Waals surface area contributed by atoms with Crippen LogP contribution in [0.25, 0.3) is 0 Å². The fourth-order valence-corrected chi connectivity index (χ4v) is 3.46. The van der Waals surface area contributed by atoms with Gasteiger partial charge in [-0.2, -0.15) is 17.0 Å². The second kappa shape index (κ2) is 8.77.